The van der Waals surface area contributed by atoms with Gasteiger partial charge in [-0.25, -0.2) is 4.39 Å². The Hall–Kier alpha value is -0.890. The third-order valence-corrected chi connectivity index (χ3v) is 3.02. The summed E-state index contributed by atoms with van der Waals surface area (Å²) in [5, 5.41) is 3.37. The molecule has 0 aliphatic rings. The second-order valence-electron chi connectivity index (χ2n) is 5.20. The molecule has 2 heteroatoms. The summed E-state index contributed by atoms with van der Waals surface area (Å²) in [4.78, 5) is 0. The van der Waals surface area contributed by atoms with Crippen LogP contribution in [-0.2, 0) is 6.54 Å². The molecule has 0 aliphatic heterocycles. The van der Waals surface area contributed by atoms with Crippen LogP contribution in [0.5, 0.6) is 0 Å². The van der Waals surface area contributed by atoms with Crippen LogP contribution >= 0.6 is 0 Å². The first kappa shape index (κ1) is 14.2. The van der Waals surface area contributed by atoms with Gasteiger partial charge < -0.3 is 5.32 Å². The lowest BCUT2D eigenvalue weighted by molar-refractivity contribution is 0.453. The average molecular weight is 237 g/mol. The number of benzene rings is 1. The van der Waals surface area contributed by atoms with E-state index in [1.165, 1.54) is 18.9 Å². The lowest BCUT2D eigenvalue weighted by Crippen LogP contribution is -2.25. The highest BCUT2D eigenvalue weighted by Gasteiger charge is 2.04. The van der Waals surface area contributed by atoms with Crippen molar-refractivity contribution in [3.8, 4) is 0 Å². The molecule has 0 bridgehead atoms. The van der Waals surface area contributed by atoms with Crippen molar-refractivity contribution in [2.75, 3.05) is 0 Å². The van der Waals surface area contributed by atoms with Gasteiger partial charge in [0.15, 0.2) is 0 Å². The second kappa shape index (κ2) is 7.44. The summed E-state index contributed by atoms with van der Waals surface area (Å²) in [6.45, 7) is 7.28. The summed E-state index contributed by atoms with van der Waals surface area (Å²) in [7, 11) is 0. The van der Waals surface area contributed by atoms with Gasteiger partial charge in [-0.1, -0.05) is 44.9 Å². The minimum atomic E-state index is -0.116. The van der Waals surface area contributed by atoms with E-state index in [-0.39, 0.29) is 5.82 Å². The summed E-state index contributed by atoms with van der Waals surface area (Å²) >= 11 is 0. The highest BCUT2D eigenvalue weighted by atomic mass is 19.1. The van der Waals surface area contributed by atoms with Crippen molar-refractivity contribution in [2.45, 2.75) is 52.6 Å². The molecule has 1 N–H and O–H groups in total. The highest BCUT2D eigenvalue weighted by Crippen LogP contribution is 2.10. The lowest BCUT2D eigenvalue weighted by Gasteiger charge is -2.14. The van der Waals surface area contributed by atoms with Crippen LogP contribution in [-0.4, -0.2) is 6.04 Å². The summed E-state index contributed by atoms with van der Waals surface area (Å²) in [5.74, 6) is 0.656. The Balaban J connectivity index is 2.24. The largest absolute Gasteiger partial charge is 0.310 e. The van der Waals surface area contributed by atoms with Crippen LogP contribution in [0, 0.1) is 11.7 Å². The molecule has 0 saturated carbocycles. The lowest BCUT2D eigenvalue weighted by atomic mass is 10.0. The van der Waals surface area contributed by atoms with Crippen LogP contribution in [0.2, 0.25) is 0 Å². The van der Waals surface area contributed by atoms with Crippen molar-refractivity contribution in [1.29, 1.82) is 0 Å². The van der Waals surface area contributed by atoms with Crippen LogP contribution in [0.1, 0.15) is 45.6 Å². The van der Waals surface area contributed by atoms with E-state index in [1.807, 2.05) is 12.1 Å². The van der Waals surface area contributed by atoms with Gasteiger partial charge in [0.25, 0.3) is 0 Å². The van der Waals surface area contributed by atoms with E-state index in [4.69, 9.17) is 0 Å². The van der Waals surface area contributed by atoms with E-state index >= 15 is 0 Å². The number of hydrogen-bond donors (Lipinski definition) is 1. The molecule has 17 heavy (non-hydrogen) atoms. The van der Waals surface area contributed by atoms with Crippen molar-refractivity contribution in [1.82, 2.24) is 5.32 Å². The molecule has 1 aromatic carbocycles. The molecule has 0 radical (unpaired) electrons. The summed E-state index contributed by atoms with van der Waals surface area (Å²) in [5.41, 5.74) is 0.753. The van der Waals surface area contributed by atoms with Crippen LogP contribution in [0.3, 0.4) is 0 Å². The maximum atomic E-state index is 13.4. The Labute approximate surface area is 104 Å². The molecular weight excluding hydrogens is 213 g/mol. The third-order valence-electron chi connectivity index (χ3n) is 3.02. The molecule has 0 spiro atoms. The van der Waals surface area contributed by atoms with Crippen LogP contribution < -0.4 is 5.32 Å². The van der Waals surface area contributed by atoms with Crippen molar-refractivity contribution in [3.63, 3.8) is 0 Å². The third kappa shape index (κ3) is 5.83. The fourth-order valence-electron chi connectivity index (χ4n) is 1.86. The molecule has 1 atom stereocenters. The molecule has 0 aromatic heterocycles. The smallest absolute Gasteiger partial charge is 0.127 e. The summed E-state index contributed by atoms with van der Waals surface area (Å²) < 4.78 is 13.4. The normalized spacial score (nSPS) is 13.0. The highest BCUT2D eigenvalue weighted by molar-refractivity contribution is 5.16. The fraction of sp³-hybridized carbons (Fsp3) is 0.600. The topological polar surface area (TPSA) is 12.0 Å². The standard InChI is InChI=1S/C15H24FN/c1-12(2)7-6-8-13(3)17-11-14-9-4-5-10-15(14)16/h4-5,9-10,12-13,17H,6-8,11H2,1-3H3. The van der Waals surface area contributed by atoms with Gasteiger partial charge in [-0.15, -0.1) is 0 Å². The van der Waals surface area contributed by atoms with Gasteiger partial charge in [0.05, 0.1) is 0 Å². The molecule has 1 aromatic rings. The van der Waals surface area contributed by atoms with Crippen LogP contribution in [0.15, 0.2) is 24.3 Å². The van der Waals surface area contributed by atoms with E-state index in [0.29, 0.717) is 12.6 Å². The molecular formula is C15H24FN. The molecule has 1 unspecified atom stereocenters. The van der Waals surface area contributed by atoms with Crippen molar-refractivity contribution in [2.24, 2.45) is 5.92 Å². The summed E-state index contributed by atoms with van der Waals surface area (Å²) in [6, 6.07) is 7.41. The molecule has 96 valence electrons. The van der Waals surface area contributed by atoms with Gasteiger partial charge in [0.1, 0.15) is 5.82 Å². The molecule has 0 aliphatic carbocycles. The van der Waals surface area contributed by atoms with E-state index < -0.39 is 0 Å². The van der Waals surface area contributed by atoms with Gasteiger partial charge in [-0.2, -0.15) is 0 Å². The van der Waals surface area contributed by atoms with E-state index in [9.17, 15) is 4.39 Å². The van der Waals surface area contributed by atoms with Gasteiger partial charge in [-0.05, 0) is 25.3 Å². The van der Waals surface area contributed by atoms with Crippen molar-refractivity contribution in [3.05, 3.63) is 35.6 Å². The average Bonchev–Trinajstić information content (AvgIpc) is 2.27. The Morgan fingerprint density at radius 3 is 2.47 bits per heavy atom. The van der Waals surface area contributed by atoms with E-state index in [2.05, 4.69) is 26.1 Å². The van der Waals surface area contributed by atoms with E-state index in [1.54, 1.807) is 6.07 Å². The Morgan fingerprint density at radius 2 is 1.82 bits per heavy atom. The van der Waals surface area contributed by atoms with Crippen LogP contribution in [0.25, 0.3) is 0 Å². The molecule has 1 rings (SSSR count). The second-order valence-corrected chi connectivity index (χ2v) is 5.20. The Kier molecular flexibility index (Phi) is 6.20. The van der Waals surface area contributed by atoms with E-state index in [0.717, 1.165) is 17.9 Å². The van der Waals surface area contributed by atoms with Crippen molar-refractivity contribution >= 4 is 0 Å². The van der Waals surface area contributed by atoms with Crippen LogP contribution in [0.4, 0.5) is 4.39 Å². The summed E-state index contributed by atoms with van der Waals surface area (Å²) in [6.07, 6.45) is 3.67. The molecule has 1 nitrogen and oxygen atoms in total. The number of halogens is 1. The minimum absolute atomic E-state index is 0.116. The van der Waals surface area contributed by atoms with Gasteiger partial charge in [0.2, 0.25) is 0 Å². The zero-order valence-electron chi connectivity index (χ0n) is 11.2. The molecule has 0 amide bonds. The first-order chi connectivity index (χ1) is 8.09. The monoisotopic (exact) mass is 237 g/mol. The zero-order chi connectivity index (χ0) is 12.7. The first-order valence-electron chi connectivity index (χ1n) is 6.56. The van der Waals surface area contributed by atoms with Gasteiger partial charge >= 0.3 is 0 Å². The zero-order valence-corrected chi connectivity index (χ0v) is 11.2. The van der Waals surface area contributed by atoms with Gasteiger partial charge in [0, 0.05) is 18.2 Å². The maximum Gasteiger partial charge on any atom is 0.127 e. The molecule has 0 saturated heterocycles. The Morgan fingerprint density at radius 1 is 1.12 bits per heavy atom. The maximum absolute atomic E-state index is 13.4. The number of nitrogens with one attached hydrogen (secondary N) is 1. The number of rotatable bonds is 7. The molecule has 0 heterocycles. The first-order valence-corrected chi connectivity index (χ1v) is 6.56. The van der Waals surface area contributed by atoms with Gasteiger partial charge in [-0.3, -0.25) is 0 Å². The number of hydrogen-bond acceptors (Lipinski definition) is 1. The predicted molar refractivity (Wildman–Crippen MR) is 71.4 cm³/mol. The minimum Gasteiger partial charge on any atom is -0.310 e. The predicted octanol–water partition coefficient (Wildman–Crippen LogP) is 4.13. The Bertz CT molecular complexity index is 322. The molecule has 0 fully saturated rings. The van der Waals surface area contributed by atoms with Crippen molar-refractivity contribution < 1.29 is 4.39 Å². The fourth-order valence-corrected chi connectivity index (χ4v) is 1.86. The quantitative estimate of drug-likeness (QED) is 0.752. The SMILES string of the molecule is CC(C)CCCC(C)NCc1ccccc1F.